The van der Waals surface area contributed by atoms with E-state index < -0.39 is 11.6 Å². The molecule has 28 heavy (non-hydrogen) atoms. The monoisotopic (exact) mass is 389 g/mol. The van der Waals surface area contributed by atoms with Crippen LogP contribution in [0.15, 0.2) is 22.7 Å². The van der Waals surface area contributed by atoms with Gasteiger partial charge in [-0.15, -0.1) is 0 Å². The molecule has 1 saturated heterocycles. The predicted molar refractivity (Wildman–Crippen MR) is 101 cm³/mol. The highest BCUT2D eigenvalue weighted by Gasteiger charge is 2.31. The number of piperazine rings is 1. The molecular formula is C21H25F2N3O2. The Bertz CT molecular complexity index is 853. The molecule has 0 bridgehead atoms. The zero-order chi connectivity index (χ0) is 19.7. The van der Waals surface area contributed by atoms with Gasteiger partial charge in [0.25, 0.3) is 5.91 Å². The van der Waals surface area contributed by atoms with Gasteiger partial charge < -0.3 is 9.42 Å². The fraction of sp³-hybridized carbons (Fsp3) is 0.524. The van der Waals surface area contributed by atoms with E-state index in [4.69, 9.17) is 4.52 Å². The molecule has 2 aromatic rings. The zero-order valence-electron chi connectivity index (χ0n) is 16.1. The number of halogens is 2. The van der Waals surface area contributed by atoms with Crippen molar-refractivity contribution in [1.82, 2.24) is 15.0 Å². The van der Waals surface area contributed by atoms with Gasteiger partial charge in [0.2, 0.25) is 0 Å². The molecule has 1 aromatic carbocycles. The average Bonchev–Trinajstić information content (AvgIpc) is 3.09. The molecule has 0 unspecified atom stereocenters. The summed E-state index contributed by atoms with van der Waals surface area (Å²) < 4.78 is 32.7. The number of benzene rings is 1. The number of hydrogen-bond acceptors (Lipinski definition) is 4. The number of rotatable bonds is 3. The maximum absolute atomic E-state index is 14.2. The molecule has 7 heteroatoms. The van der Waals surface area contributed by atoms with E-state index in [-0.39, 0.29) is 22.7 Å². The molecule has 0 spiro atoms. The van der Waals surface area contributed by atoms with Gasteiger partial charge in [-0.25, -0.2) is 8.78 Å². The summed E-state index contributed by atoms with van der Waals surface area (Å²) in [4.78, 5) is 17.4. The Kier molecular flexibility index (Phi) is 5.44. The Balaban J connectivity index is 1.51. The molecule has 1 amide bonds. The SMILES string of the molecule is Cc1onc(-c2ccc(F)cc2F)c1C(=O)N1CCN(C2CCCCC2)CC1. The summed E-state index contributed by atoms with van der Waals surface area (Å²) in [5.74, 6) is -1.29. The van der Waals surface area contributed by atoms with Crippen molar-refractivity contribution in [3.05, 3.63) is 41.2 Å². The summed E-state index contributed by atoms with van der Waals surface area (Å²) in [7, 11) is 0. The number of aromatic nitrogens is 1. The Labute approximate surface area is 163 Å². The molecule has 2 fully saturated rings. The van der Waals surface area contributed by atoms with Gasteiger partial charge in [-0.05, 0) is 31.9 Å². The number of aryl methyl sites for hydroxylation is 1. The van der Waals surface area contributed by atoms with Crippen molar-refractivity contribution in [2.24, 2.45) is 0 Å². The maximum atomic E-state index is 14.2. The first-order valence-electron chi connectivity index (χ1n) is 9.99. The van der Waals surface area contributed by atoms with Crippen molar-refractivity contribution >= 4 is 5.91 Å². The molecule has 0 radical (unpaired) electrons. The first-order chi connectivity index (χ1) is 13.5. The van der Waals surface area contributed by atoms with Crippen molar-refractivity contribution < 1.29 is 18.1 Å². The third-order valence-corrected chi connectivity index (χ3v) is 5.96. The summed E-state index contributed by atoms with van der Waals surface area (Å²) in [6, 6.07) is 3.86. The molecular weight excluding hydrogens is 364 g/mol. The van der Waals surface area contributed by atoms with E-state index in [9.17, 15) is 13.6 Å². The van der Waals surface area contributed by atoms with Crippen LogP contribution >= 0.6 is 0 Å². The highest BCUT2D eigenvalue weighted by molar-refractivity contribution is 6.00. The Morgan fingerprint density at radius 1 is 1.11 bits per heavy atom. The molecule has 4 rings (SSSR count). The van der Waals surface area contributed by atoms with Gasteiger partial charge in [-0.1, -0.05) is 24.4 Å². The first-order valence-corrected chi connectivity index (χ1v) is 9.99. The van der Waals surface area contributed by atoms with Gasteiger partial charge >= 0.3 is 0 Å². The molecule has 1 aliphatic heterocycles. The van der Waals surface area contributed by atoms with Gasteiger partial charge in [0.15, 0.2) is 0 Å². The molecule has 0 atom stereocenters. The summed E-state index contributed by atoms with van der Waals surface area (Å²) >= 11 is 0. The van der Waals surface area contributed by atoms with Crippen LogP contribution in [0, 0.1) is 18.6 Å². The van der Waals surface area contributed by atoms with Crippen LogP contribution in [0.2, 0.25) is 0 Å². The maximum Gasteiger partial charge on any atom is 0.259 e. The summed E-state index contributed by atoms with van der Waals surface area (Å²) in [5.41, 5.74) is 0.466. The minimum atomic E-state index is -0.760. The van der Waals surface area contributed by atoms with Crippen molar-refractivity contribution in [2.75, 3.05) is 26.2 Å². The number of amides is 1. The van der Waals surface area contributed by atoms with Crippen LogP contribution in [0.5, 0.6) is 0 Å². The van der Waals surface area contributed by atoms with Crippen molar-refractivity contribution in [3.8, 4) is 11.3 Å². The average molecular weight is 389 g/mol. The Morgan fingerprint density at radius 2 is 1.82 bits per heavy atom. The number of carbonyl (C=O) groups is 1. The minimum Gasteiger partial charge on any atom is -0.360 e. The van der Waals surface area contributed by atoms with Crippen LogP contribution in [0.25, 0.3) is 11.3 Å². The first kappa shape index (κ1) is 19.1. The number of nitrogens with zero attached hydrogens (tertiary/aromatic N) is 3. The molecule has 150 valence electrons. The van der Waals surface area contributed by atoms with Gasteiger partial charge in [0.1, 0.15) is 28.7 Å². The van der Waals surface area contributed by atoms with E-state index >= 15 is 0 Å². The molecule has 2 aliphatic rings. The molecule has 1 aliphatic carbocycles. The third-order valence-electron chi connectivity index (χ3n) is 5.96. The minimum absolute atomic E-state index is 0.0717. The summed E-state index contributed by atoms with van der Waals surface area (Å²) in [5, 5.41) is 3.89. The highest BCUT2D eigenvalue weighted by Crippen LogP contribution is 2.30. The van der Waals surface area contributed by atoms with E-state index in [1.165, 1.54) is 38.2 Å². The third kappa shape index (κ3) is 3.68. The molecule has 5 nitrogen and oxygen atoms in total. The van der Waals surface area contributed by atoms with Gasteiger partial charge in [0.05, 0.1) is 0 Å². The lowest BCUT2D eigenvalue weighted by Gasteiger charge is -2.40. The van der Waals surface area contributed by atoms with Gasteiger partial charge in [-0.3, -0.25) is 9.69 Å². The van der Waals surface area contributed by atoms with Crippen LogP contribution in [0.3, 0.4) is 0 Å². The standard InChI is InChI=1S/C21H25F2N3O2/c1-14-19(20(24-28-14)17-8-7-15(22)13-18(17)23)21(27)26-11-9-25(10-12-26)16-5-3-2-4-6-16/h7-8,13,16H,2-6,9-12H2,1H3. The zero-order valence-corrected chi connectivity index (χ0v) is 16.1. The second-order valence-corrected chi connectivity index (χ2v) is 7.71. The quantitative estimate of drug-likeness (QED) is 0.796. The van der Waals surface area contributed by atoms with Gasteiger partial charge in [0, 0.05) is 43.9 Å². The van der Waals surface area contributed by atoms with Crippen LogP contribution in [0.1, 0.15) is 48.2 Å². The van der Waals surface area contributed by atoms with Crippen LogP contribution in [0.4, 0.5) is 8.78 Å². The van der Waals surface area contributed by atoms with E-state index in [0.717, 1.165) is 25.2 Å². The topological polar surface area (TPSA) is 49.6 Å². The van der Waals surface area contributed by atoms with Gasteiger partial charge in [-0.2, -0.15) is 0 Å². The molecule has 2 heterocycles. The molecule has 1 aromatic heterocycles. The van der Waals surface area contributed by atoms with Crippen LogP contribution in [-0.4, -0.2) is 53.1 Å². The van der Waals surface area contributed by atoms with E-state index in [1.54, 1.807) is 11.8 Å². The van der Waals surface area contributed by atoms with Crippen molar-refractivity contribution in [2.45, 2.75) is 45.1 Å². The van der Waals surface area contributed by atoms with E-state index in [2.05, 4.69) is 10.1 Å². The predicted octanol–water partition coefficient (Wildman–Crippen LogP) is 4.02. The fourth-order valence-electron chi connectivity index (χ4n) is 4.38. The lowest BCUT2D eigenvalue weighted by molar-refractivity contribution is 0.0522. The Morgan fingerprint density at radius 3 is 2.50 bits per heavy atom. The summed E-state index contributed by atoms with van der Waals surface area (Å²) in [6.45, 7) is 4.60. The van der Waals surface area contributed by atoms with E-state index in [0.29, 0.717) is 24.9 Å². The fourth-order valence-corrected chi connectivity index (χ4v) is 4.38. The molecule has 1 saturated carbocycles. The van der Waals surface area contributed by atoms with Crippen LogP contribution < -0.4 is 0 Å². The lowest BCUT2D eigenvalue weighted by Crippen LogP contribution is -2.52. The summed E-state index contributed by atoms with van der Waals surface area (Å²) in [6.07, 6.45) is 6.39. The second kappa shape index (κ2) is 7.99. The highest BCUT2D eigenvalue weighted by atomic mass is 19.1. The Hall–Kier alpha value is -2.28. The molecule has 0 N–H and O–H groups in total. The second-order valence-electron chi connectivity index (χ2n) is 7.71. The van der Waals surface area contributed by atoms with Crippen molar-refractivity contribution in [3.63, 3.8) is 0 Å². The smallest absolute Gasteiger partial charge is 0.259 e. The van der Waals surface area contributed by atoms with E-state index in [1.807, 2.05) is 0 Å². The number of carbonyl (C=O) groups excluding carboxylic acids is 1. The number of hydrogen-bond donors (Lipinski definition) is 0. The normalized spacial score (nSPS) is 19.2. The van der Waals surface area contributed by atoms with Crippen molar-refractivity contribution in [1.29, 1.82) is 0 Å². The van der Waals surface area contributed by atoms with Crippen LogP contribution in [-0.2, 0) is 0 Å². The largest absolute Gasteiger partial charge is 0.360 e. The lowest BCUT2D eigenvalue weighted by atomic mass is 9.94.